The lowest BCUT2D eigenvalue weighted by atomic mass is 9.94. The zero-order valence-electron chi connectivity index (χ0n) is 25.4. The molecule has 0 fully saturated rings. The number of nitrogens with two attached hydrogens (primary N) is 2. The molecule has 2 atom stereocenters. The van der Waals surface area contributed by atoms with Crippen LogP contribution in [0.15, 0.2) is 52.4 Å². The van der Waals surface area contributed by atoms with Crippen LogP contribution in [0.5, 0.6) is 5.75 Å². The molecule has 0 bridgehead atoms. The van der Waals surface area contributed by atoms with Gasteiger partial charge in [-0.2, -0.15) is 0 Å². The number of amides is 1. The third-order valence-corrected chi connectivity index (χ3v) is 9.66. The van der Waals surface area contributed by atoms with E-state index in [9.17, 15) is 13.2 Å². The first-order valence-corrected chi connectivity index (χ1v) is 15.9. The fourth-order valence-electron chi connectivity index (χ4n) is 5.69. The molecule has 0 saturated heterocycles. The van der Waals surface area contributed by atoms with Gasteiger partial charge in [0.25, 0.3) is 10.0 Å². The lowest BCUT2D eigenvalue weighted by Crippen LogP contribution is -2.42. The fourth-order valence-corrected chi connectivity index (χ4v) is 7.21. The summed E-state index contributed by atoms with van der Waals surface area (Å²) in [4.78, 5) is 17.0. The second-order valence-corrected chi connectivity index (χ2v) is 13.5. The summed E-state index contributed by atoms with van der Waals surface area (Å²) in [5.41, 5.74) is 15.9. The van der Waals surface area contributed by atoms with Gasteiger partial charge in [-0.05, 0) is 86.4 Å². The summed E-state index contributed by atoms with van der Waals surface area (Å²) in [6.07, 6.45) is 1.48. The van der Waals surface area contributed by atoms with E-state index in [4.69, 9.17) is 16.2 Å². The summed E-state index contributed by atoms with van der Waals surface area (Å²) in [7, 11) is -3.97. The Morgan fingerprint density at radius 1 is 1.07 bits per heavy atom. The van der Waals surface area contributed by atoms with Gasteiger partial charge in [-0.1, -0.05) is 49.4 Å². The van der Waals surface area contributed by atoms with Gasteiger partial charge in [-0.15, -0.1) is 0 Å². The molecule has 9 nitrogen and oxygen atoms in total. The lowest BCUT2D eigenvalue weighted by molar-refractivity contribution is -0.122. The number of carbonyl (C=O) groups is 1. The molecule has 42 heavy (non-hydrogen) atoms. The number of benzene rings is 3. The van der Waals surface area contributed by atoms with Crippen molar-refractivity contribution in [1.82, 2.24) is 10.0 Å². The summed E-state index contributed by atoms with van der Waals surface area (Å²) in [6.45, 7) is 12.2. The van der Waals surface area contributed by atoms with Crippen LogP contribution < -0.4 is 26.2 Å². The normalized spacial score (nSPS) is 16.0. The minimum absolute atomic E-state index is 0.116. The van der Waals surface area contributed by atoms with E-state index >= 15 is 0 Å². The van der Waals surface area contributed by atoms with E-state index in [1.54, 1.807) is 13.8 Å². The van der Waals surface area contributed by atoms with Crippen molar-refractivity contribution < 1.29 is 17.9 Å². The Hall–Kier alpha value is -3.63. The van der Waals surface area contributed by atoms with Crippen molar-refractivity contribution in [2.75, 3.05) is 13.1 Å². The number of carbonyl (C=O) groups excluding carboxylic acids is 1. The molecule has 0 saturated carbocycles. The van der Waals surface area contributed by atoms with Crippen LogP contribution in [0.25, 0.3) is 10.8 Å². The van der Waals surface area contributed by atoms with E-state index < -0.39 is 21.7 Å². The topological polar surface area (TPSA) is 149 Å². The Morgan fingerprint density at radius 3 is 2.50 bits per heavy atom. The molecular formula is C32H43N5O4S. The van der Waals surface area contributed by atoms with E-state index in [1.807, 2.05) is 39.0 Å². The molecule has 4 rings (SSSR count). The van der Waals surface area contributed by atoms with E-state index in [-0.39, 0.29) is 29.2 Å². The van der Waals surface area contributed by atoms with Gasteiger partial charge in [0.15, 0.2) is 0 Å². The Morgan fingerprint density at radius 2 is 1.76 bits per heavy atom. The molecule has 1 amide bonds. The van der Waals surface area contributed by atoms with Crippen molar-refractivity contribution >= 4 is 32.7 Å². The maximum absolute atomic E-state index is 13.3. The average Bonchev–Trinajstić information content (AvgIpc) is 3.27. The van der Waals surface area contributed by atoms with Gasteiger partial charge >= 0.3 is 0 Å². The van der Waals surface area contributed by atoms with Crippen molar-refractivity contribution in [3.05, 3.63) is 70.3 Å². The van der Waals surface area contributed by atoms with Crippen LogP contribution in [0.2, 0.25) is 0 Å². The number of guanidine groups is 1. The van der Waals surface area contributed by atoms with E-state index in [0.29, 0.717) is 36.9 Å². The zero-order valence-corrected chi connectivity index (χ0v) is 26.2. The Bertz CT molecular complexity index is 1630. The zero-order chi connectivity index (χ0) is 30.8. The molecular weight excluding hydrogens is 550 g/mol. The predicted molar refractivity (Wildman–Crippen MR) is 168 cm³/mol. The molecule has 6 N–H and O–H groups in total. The van der Waals surface area contributed by atoms with Gasteiger partial charge in [-0.3, -0.25) is 9.79 Å². The number of nitrogens with one attached hydrogen (secondary N) is 2. The number of aliphatic imine (C=N–C) groups is 1. The highest BCUT2D eigenvalue weighted by molar-refractivity contribution is 7.90. The first-order valence-electron chi connectivity index (χ1n) is 14.4. The highest BCUT2D eigenvalue weighted by Crippen LogP contribution is 2.43. The Kier molecular flexibility index (Phi) is 9.18. The Balaban J connectivity index is 1.29. The highest BCUT2D eigenvalue weighted by atomic mass is 32.2. The van der Waals surface area contributed by atoms with Crippen LogP contribution >= 0.6 is 0 Å². The monoisotopic (exact) mass is 593 g/mol. The third-order valence-electron chi connectivity index (χ3n) is 8.03. The molecule has 0 spiro atoms. The number of ether oxygens (including phenoxy) is 1. The smallest absolute Gasteiger partial charge is 0.264 e. The fraction of sp³-hybridized carbons (Fsp3) is 0.438. The van der Waals surface area contributed by atoms with Crippen LogP contribution in [-0.2, 0) is 21.2 Å². The van der Waals surface area contributed by atoms with Crippen LogP contribution in [0, 0.1) is 20.8 Å². The van der Waals surface area contributed by atoms with Gasteiger partial charge in [0, 0.05) is 25.1 Å². The number of rotatable bonds is 10. The summed E-state index contributed by atoms with van der Waals surface area (Å²) in [5, 5.41) is 5.30. The van der Waals surface area contributed by atoms with Gasteiger partial charge in [0.05, 0.1) is 10.9 Å². The second kappa shape index (κ2) is 12.3. The van der Waals surface area contributed by atoms with Crippen LogP contribution in [-0.4, -0.2) is 45.0 Å². The molecule has 226 valence electrons. The molecule has 3 aromatic carbocycles. The van der Waals surface area contributed by atoms with Gasteiger partial charge in [0.2, 0.25) is 11.9 Å². The number of hydrogen-bond donors (Lipinski definition) is 4. The second-order valence-electron chi connectivity index (χ2n) is 11.9. The molecule has 1 aliphatic rings. The molecule has 1 heterocycles. The van der Waals surface area contributed by atoms with Gasteiger partial charge in [0.1, 0.15) is 11.4 Å². The first-order chi connectivity index (χ1) is 19.7. The number of nitrogens with zero attached hydrogens (tertiary/aromatic N) is 1. The van der Waals surface area contributed by atoms with E-state index in [0.717, 1.165) is 16.9 Å². The number of hydrogen-bond acceptors (Lipinski definition) is 6. The van der Waals surface area contributed by atoms with Gasteiger partial charge in [-0.25, -0.2) is 13.1 Å². The lowest BCUT2D eigenvalue weighted by Gasteiger charge is -2.19. The van der Waals surface area contributed by atoms with Crippen LogP contribution in [0.1, 0.15) is 67.3 Å². The van der Waals surface area contributed by atoms with E-state index in [1.165, 1.54) is 16.3 Å². The summed E-state index contributed by atoms with van der Waals surface area (Å²) < 4.78 is 35.2. The Labute approximate surface area is 249 Å². The maximum atomic E-state index is 13.3. The van der Waals surface area contributed by atoms with Crippen molar-refractivity contribution in [3.8, 4) is 5.75 Å². The molecule has 3 aromatic rings. The van der Waals surface area contributed by atoms with Crippen molar-refractivity contribution in [2.45, 2.75) is 83.3 Å². The van der Waals surface area contributed by atoms with Gasteiger partial charge < -0.3 is 21.5 Å². The average molecular weight is 594 g/mol. The number of fused-ring (bicyclic) bond motifs is 2. The molecule has 1 aliphatic heterocycles. The molecule has 0 aliphatic carbocycles. The number of sulfonamides is 1. The minimum Gasteiger partial charge on any atom is -0.487 e. The summed E-state index contributed by atoms with van der Waals surface area (Å²) in [6, 6.07) is 13.7. The largest absolute Gasteiger partial charge is 0.487 e. The van der Waals surface area contributed by atoms with Crippen molar-refractivity contribution in [2.24, 2.45) is 16.5 Å². The quantitative estimate of drug-likeness (QED) is 0.158. The third kappa shape index (κ3) is 6.71. The summed E-state index contributed by atoms with van der Waals surface area (Å²) >= 11 is 0. The van der Waals surface area contributed by atoms with Crippen LogP contribution in [0.4, 0.5) is 0 Å². The maximum Gasteiger partial charge on any atom is 0.264 e. The molecule has 10 heteroatoms. The molecule has 0 aromatic heterocycles. The molecule has 0 unspecified atom stereocenters. The standard InChI is InChI=1S/C32H43N5O4S/c1-19(24-14-9-12-23-11-7-8-13-25(23)24)18-36-30(38)27(33)15-10-16-35-31(34)37-42(39,40)29-21(3)20(2)28-26(22(29)4)17-32(5,6)41-28/h7-9,11-14,19,27H,10,15-18,33H2,1-6H3,(H,36,38)(H3,34,35,37)/t19-,27+/m1/s1. The van der Waals surface area contributed by atoms with Crippen molar-refractivity contribution in [3.63, 3.8) is 0 Å². The van der Waals surface area contributed by atoms with E-state index in [2.05, 4.69) is 46.2 Å². The van der Waals surface area contributed by atoms with Crippen LogP contribution in [0.3, 0.4) is 0 Å². The van der Waals surface area contributed by atoms with Crippen molar-refractivity contribution in [1.29, 1.82) is 0 Å². The SMILES string of the molecule is Cc1c(C)c(S(=O)(=O)NC(N)=NCCC[C@H](N)C(=O)NC[C@@H](C)c2cccc3ccccc23)c(C)c2c1OC(C)(C)C2. The molecule has 0 radical (unpaired) electrons. The predicted octanol–water partition coefficient (Wildman–Crippen LogP) is 4.10. The highest BCUT2D eigenvalue weighted by Gasteiger charge is 2.36. The minimum atomic E-state index is -3.97. The summed E-state index contributed by atoms with van der Waals surface area (Å²) in [5.74, 6) is 0.444. The first kappa shape index (κ1) is 31.3.